The predicted molar refractivity (Wildman–Crippen MR) is 154 cm³/mol. The topological polar surface area (TPSA) is 79.5 Å². The first-order valence-corrected chi connectivity index (χ1v) is 13.9. The minimum atomic E-state index is -0.684. The van der Waals surface area contributed by atoms with Gasteiger partial charge in [0.15, 0.2) is 0 Å². The maximum Gasteiger partial charge on any atom is 0.243 e. The Morgan fingerprint density at radius 1 is 0.947 bits per heavy atom. The van der Waals surface area contributed by atoms with E-state index in [0.717, 1.165) is 36.1 Å². The largest absolute Gasteiger partial charge is 0.489 e. The summed E-state index contributed by atoms with van der Waals surface area (Å²) in [6.45, 7) is 10.6. The number of rotatable bonds is 12. The Morgan fingerprint density at radius 2 is 1.66 bits per heavy atom. The van der Waals surface area contributed by atoms with Gasteiger partial charge in [-0.2, -0.15) is 0 Å². The molecule has 206 valence electrons. The van der Waals surface area contributed by atoms with Crippen LogP contribution in [0.3, 0.4) is 0 Å². The van der Waals surface area contributed by atoms with Crippen LogP contribution < -0.4 is 20.7 Å². The molecule has 3 rings (SSSR count). The fraction of sp³-hybridized carbons (Fsp3) is 0.500. The average Bonchev–Trinajstić information content (AvgIpc) is 2.87. The molecule has 6 heteroatoms. The molecule has 0 fully saturated rings. The summed E-state index contributed by atoms with van der Waals surface area (Å²) >= 11 is 0. The number of allylic oxidation sites excluding steroid dienone is 1. The first kappa shape index (κ1) is 29.4. The fourth-order valence-corrected chi connectivity index (χ4v) is 4.57. The third-order valence-electron chi connectivity index (χ3n) is 6.44. The number of carbonyl (C=O) groups is 2. The van der Waals surface area contributed by atoms with Gasteiger partial charge < -0.3 is 15.4 Å². The fourth-order valence-electron chi connectivity index (χ4n) is 4.57. The highest BCUT2D eigenvalue weighted by Gasteiger charge is 2.29. The molecule has 0 bridgehead atoms. The summed E-state index contributed by atoms with van der Waals surface area (Å²) in [5.41, 5.74) is 1.65. The van der Waals surface area contributed by atoms with Crippen LogP contribution in [0.1, 0.15) is 71.4 Å². The van der Waals surface area contributed by atoms with E-state index in [9.17, 15) is 9.59 Å². The average molecular weight is 520 g/mol. The molecule has 2 aromatic rings. The Hall–Kier alpha value is -3.12. The van der Waals surface area contributed by atoms with E-state index < -0.39 is 11.6 Å². The Balaban J connectivity index is 1.69. The summed E-state index contributed by atoms with van der Waals surface area (Å²) in [7, 11) is 0. The van der Waals surface area contributed by atoms with Crippen LogP contribution in [0.2, 0.25) is 0 Å². The highest BCUT2D eigenvalue weighted by Crippen LogP contribution is 2.17. The van der Waals surface area contributed by atoms with Gasteiger partial charge in [0.25, 0.3) is 0 Å². The van der Waals surface area contributed by atoms with E-state index >= 15 is 0 Å². The van der Waals surface area contributed by atoms with Crippen molar-refractivity contribution in [2.75, 3.05) is 0 Å². The molecular formula is C32H45N3O3. The number of hydrogen-bond donors (Lipinski definition) is 3. The second-order valence-electron chi connectivity index (χ2n) is 11.7. The van der Waals surface area contributed by atoms with Crippen molar-refractivity contribution in [2.24, 2.45) is 5.92 Å². The monoisotopic (exact) mass is 519 g/mol. The number of carbonyl (C=O) groups excluding carboxylic acids is 2. The lowest BCUT2D eigenvalue weighted by molar-refractivity contribution is -0.131. The summed E-state index contributed by atoms with van der Waals surface area (Å²) < 4.78 is 5.91. The Kier molecular flexibility index (Phi) is 11.0. The second kappa shape index (κ2) is 14.1. The number of nitrogens with one attached hydrogen (secondary N) is 3. The Morgan fingerprint density at radius 3 is 2.26 bits per heavy atom. The molecule has 3 N–H and O–H groups in total. The van der Waals surface area contributed by atoms with Crippen LogP contribution in [0.5, 0.6) is 5.75 Å². The van der Waals surface area contributed by atoms with E-state index in [1.807, 2.05) is 75.4 Å². The molecule has 38 heavy (non-hydrogen) atoms. The van der Waals surface area contributed by atoms with Gasteiger partial charge in [-0.25, -0.2) is 0 Å². The molecule has 0 heterocycles. The van der Waals surface area contributed by atoms with Crippen LogP contribution in [-0.2, 0) is 22.6 Å². The third kappa shape index (κ3) is 10.3. The molecule has 6 nitrogen and oxygen atoms in total. The van der Waals surface area contributed by atoms with Gasteiger partial charge in [0, 0.05) is 18.0 Å². The Bertz CT molecular complexity index is 1040. The molecule has 1 aliphatic carbocycles. The molecule has 0 saturated heterocycles. The van der Waals surface area contributed by atoms with E-state index in [2.05, 4.69) is 41.9 Å². The quantitative estimate of drug-likeness (QED) is 0.332. The van der Waals surface area contributed by atoms with Crippen molar-refractivity contribution in [3.8, 4) is 5.75 Å². The first-order chi connectivity index (χ1) is 18.1. The third-order valence-corrected chi connectivity index (χ3v) is 6.44. The smallest absolute Gasteiger partial charge is 0.243 e. The molecule has 1 aliphatic rings. The van der Waals surface area contributed by atoms with Crippen molar-refractivity contribution in [1.29, 1.82) is 0 Å². The summed E-state index contributed by atoms with van der Waals surface area (Å²) in [5.74, 6) is 0.792. The first-order valence-electron chi connectivity index (χ1n) is 13.9. The Labute approximate surface area is 228 Å². The molecule has 2 aromatic carbocycles. The van der Waals surface area contributed by atoms with Gasteiger partial charge in [-0.05, 0) is 75.6 Å². The standard InChI is InChI=1S/C32H45N3O3/c1-23(2)20-28(33-26-14-10-7-11-15-26)30(36)34-29(31(37)35-32(3,4)5)21-24-16-18-27(19-17-24)38-22-25-12-8-6-9-13-25/h6,8-10,12-14,16-19,23,26,28-29,33H,7,11,15,20-22H2,1-5H3,(H,34,36)(H,35,37)/t26?,28-,29+/m0/s1. The van der Waals surface area contributed by atoms with E-state index in [1.54, 1.807) is 0 Å². The number of benzene rings is 2. The van der Waals surface area contributed by atoms with Gasteiger partial charge >= 0.3 is 0 Å². The molecule has 1 unspecified atom stereocenters. The van der Waals surface area contributed by atoms with Crippen LogP contribution in [0.15, 0.2) is 66.7 Å². The SMILES string of the molecule is CC(C)C[C@H](NC1C=CCCC1)C(=O)N[C@H](Cc1ccc(OCc2ccccc2)cc1)C(=O)NC(C)(C)C. The van der Waals surface area contributed by atoms with Crippen LogP contribution in [0.4, 0.5) is 0 Å². The molecule has 2 amide bonds. The van der Waals surface area contributed by atoms with Crippen LogP contribution in [0, 0.1) is 5.92 Å². The lowest BCUT2D eigenvalue weighted by atomic mass is 9.97. The molecule has 0 spiro atoms. The molecule has 0 saturated carbocycles. The second-order valence-corrected chi connectivity index (χ2v) is 11.7. The van der Waals surface area contributed by atoms with Crippen molar-refractivity contribution in [3.05, 3.63) is 77.9 Å². The lowest BCUT2D eigenvalue weighted by Gasteiger charge is -2.29. The van der Waals surface area contributed by atoms with Crippen molar-refractivity contribution in [2.45, 2.75) is 97.0 Å². The van der Waals surface area contributed by atoms with Crippen molar-refractivity contribution >= 4 is 11.8 Å². The highest BCUT2D eigenvalue weighted by molar-refractivity contribution is 5.90. The number of amides is 2. The van der Waals surface area contributed by atoms with Gasteiger partial charge in [0.1, 0.15) is 18.4 Å². The maximum absolute atomic E-state index is 13.5. The van der Waals surface area contributed by atoms with E-state index in [1.165, 1.54) is 0 Å². The van der Waals surface area contributed by atoms with E-state index in [-0.39, 0.29) is 23.9 Å². The van der Waals surface area contributed by atoms with Crippen molar-refractivity contribution in [3.63, 3.8) is 0 Å². The van der Waals surface area contributed by atoms with Crippen LogP contribution in [-0.4, -0.2) is 35.5 Å². The summed E-state index contributed by atoms with van der Waals surface area (Å²) in [4.78, 5) is 26.8. The zero-order valence-electron chi connectivity index (χ0n) is 23.6. The normalized spacial score (nSPS) is 17.1. The summed E-state index contributed by atoms with van der Waals surface area (Å²) in [6, 6.07) is 16.9. The number of hydrogen-bond acceptors (Lipinski definition) is 4. The molecule has 0 aliphatic heterocycles. The van der Waals surface area contributed by atoms with Crippen molar-refractivity contribution in [1.82, 2.24) is 16.0 Å². The predicted octanol–water partition coefficient (Wildman–Crippen LogP) is 5.32. The molecular weight excluding hydrogens is 474 g/mol. The van der Waals surface area contributed by atoms with Gasteiger partial charge in [-0.15, -0.1) is 0 Å². The number of ether oxygens (including phenoxy) is 1. The minimum Gasteiger partial charge on any atom is -0.489 e. The van der Waals surface area contributed by atoms with Gasteiger partial charge in [0.2, 0.25) is 11.8 Å². The van der Waals surface area contributed by atoms with Crippen LogP contribution >= 0.6 is 0 Å². The van der Waals surface area contributed by atoms with Gasteiger partial charge in [-0.1, -0.05) is 68.5 Å². The lowest BCUT2D eigenvalue weighted by Crippen LogP contribution is -2.57. The molecule has 0 radical (unpaired) electrons. The summed E-state index contributed by atoms with van der Waals surface area (Å²) in [5, 5.41) is 9.65. The van der Waals surface area contributed by atoms with Crippen molar-refractivity contribution < 1.29 is 14.3 Å². The van der Waals surface area contributed by atoms with Gasteiger partial charge in [0.05, 0.1) is 6.04 Å². The van der Waals surface area contributed by atoms with Gasteiger partial charge in [-0.3, -0.25) is 14.9 Å². The molecule has 0 aromatic heterocycles. The maximum atomic E-state index is 13.5. The highest BCUT2D eigenvalue weighted by atomic mass is 16.5. The molecule has 3 atom stereocenters. The van der Waals surface area contributed by atoms with E-state index in [4.69, 9.17) is 4.74 Å². The zero-order chi connectivity index (χ0) is 27.5. The zero-order valence-corrected chi connectivity index (χ0v) is 23.6. The minimum absolute atomic E-state index is 0.130. The van der Waals surface area contributed by atoms with Crippen LogP contribution in [0.25, 0.3) is 0 Å². The van der Waals surface area contributed by atoms with E-state index in [0.29, 0.717) is 25.4 Å². The summed E-state index contributed by atoms with van der Waals surface area (Å²) in [6.07, 6.45) is 8.66.